The van der Waals surface area contributed by atoms with E-state index in [0.717, 1.165) is 0 Å². The van der Waals surface area contributed by atoms with Crippen LogP contribution < -0.4 is 5.73 Å². The van der Waals surface area contributed by atoms with Gasteiger partial charge in [0, 0.05) is 11.8 Å². The lowest BCUT2D eigenvalue weighted by atomic mass is 9.53. The lowest BCUT2D eigenvalue weighted by Gasteiger charge is -2.53. The Bertz CT molecular complexity index is 1060. The summed E-state index contributed by atoms with van der Waals surface area (Å²) in [6.07, 6.45) is -3.21. The molecule has 9 nitrogen and oxygen atoms in total. The van der Waals surface area contributed by atoms with Gasteiger partial charge < -0.3 is 31.3 Å². The zero-order chi connectivity index (χ0) is 22.3. The molecule has 3 aliphatic carbocycles. The second kappa shape index (κ2) is 6.24. The van der Waals surface area contributed by atoms with Gasteiger partial charge in [0.15, 0.2) is 17.2 Å². The largest absolute Gasteiger partial charge is 0.508 e. The molecule has 0 bridgehead atoms. The molecule has 0 aromatic heterocycles. The van der Waals surface area contributed by atoms with E-state index in [4.69, 9.17) is 5.73 Å². The van der Waals surface area contributed by atoms with Crippen LogP contribution in [-0.4, -0.2) is 60.8 Å². The molecule has 3 aliphatic rings. The number of fused-ring (bicyclic) bond motifs is 3. The Kier molecular flexibility index (Phi) is 4.22. The van der Waals surface area contributed by atoms with Crippen molar-refractivity contribution in [2.45, 2.75) is 24.7 Å². The second-order valence-electron chi connectivity index (χ2n) is 8.17. The van der Waals surface area contributed by atoms with Crippen LogP contribution in [0, 0.1) is 23.7 Å². The van der Waals surface area contributed by atoms with Crippen LogP contribution in [0.3, 0.4) is 0 Å². The van der Waals surface area contributed by atoms with Crippen molar-refractivity contribution in [2.24, 2.45) is 29.4 Å². The molecule has 7 unspecified atom stereocenters. The third kappa shape index (κ3) is 2.19. The summed E-state index contributed by atoms with van der Waals surface area (Å²) in [4.78, 5) is 38.0. The predicted molar refractivity (Wildman–Crippen MR) is 102 cm³/mol. The number of aliphatic hydroxyl groups is 4. The molecule has 1 fully saturated rings. The third-order valence-electron chi connectivity index (χ3n) is 6.77. The van der Waals surface area contributed by atoms with Gasteiger partial charge in [-0.2, -0.15) is 0 Å². The molecule has 1 amide bonds. The lowest BCUT2D eigenvalue weighted by Crippen LogP contribution is -2.69. The molecule has 0 aliphatic heterocycles. The third-order valence-corrected chi connectivity index (χ3v) is 6.77. The summed E-state index contributed by atoms with van der Waals surface area (Å²) in [5, 5.41) is 54.1. The number of phenols is 1. The van der Waals surface area contributed by atoms with Gasteiger partial charge in [0.25, 0.3) is 0 Å². The Balaban J connectivity index is 2.02. The number of carbonyl (C=O) groups is 3. The van der Waals surface area contributed by atoms with Crippen molar-refractivity contribution in [1.82, 2.24) is 0 Å². The van der Waals surface area contributed by atoms with Crippen molar-refractivity contribution in [3.8, 4) is 5.75 Å². The first-order valence-electron chi connectivity index (χ1n) is 9.37. The number of carbonyl (C=O) groups excluding carboxylic acids is 3. The van der Waals surface area contributed by atoms with Gasteiger partial charge in [0.2, 0.25) is 5.91 Å². The van der Waals surface area contributed by atoms with Crippen LogP contribution >= 0.6 is 0 Å². The molecule has 1 aromatic carbocycles. The molecule has 7 N–H and O–H groups in total. The topological polar surface area (TPSA) is 178 Å². The number of nitrogens with two attached hydrogens (primary N) is 1. The number of primary amides is 1. The molecule has 7 atom stereocenters. The maximum atomic E-state index is 13.2. The lowest BCUT2D eigenvalue weighted by molar-refractivity contribution is -0.188. The van der Waals surface area contributed by atoms with Gasteiger partial charge in [-0.1, -0.05) is 25.6 Å². The fraction of sp³-hybridized carbons (Fsp3) is 0.381. The first kappa shape index (κ1) is 20.3. The molecule has 0 heterocycles. The number of aliphatic hydroxyl groups excluding tert-OH is 3. The standard InChI is InChI=1S/C21H21NO8/c1-6-8-4-3-5-9(23)11(8)16(25)12-10(6)17(26)14-7(2)15(24)13(20(22)29)19(28)21(14,30)18(12)27/h3-5,7,10,13-15,17,23-24,26-27,30H,1H2,2H3,(H2,22,29). The maximum absolute atomic E-state index is 13.2. The molecule has 4 rings (SSSR count). The van der Waals surface area contributed by atoms with Gasteiger partial charge in [0.05, 0.1) is 23.3 Å². The van der Waals surface area contributed by atoms with Crippen LogP contribution in [0.15, 0.2) is 36.1 Å². The van der Waals surface area contributed by atoms with Crippen LogP contribution in [0.5, 0.6) is 5.75 Å². The van der Waals surface area contributed by atoms with E-state index in [1.807, 2.05) is 0 Å². The van der Waals surface area contributed by atoms with Crippen molar-refractivity contribution in [3.63, 3.8) is 0 Å². The van der Waals surface area contributed by atoms with Gasteiger partial charge in [-0.15, -0.1) is 0 Å². The van der Waals surface area contributed by atoms with Crippen molar-refractivity contribution >= 4 is 23.0 Å². The van der Waals surface area contributed by atoms with Gasteiger partial charge in [-0.05, 0) is 23.1 Å². The summed E-state index contributed by atoms with van der Waals surface area (Å²) >= 11 is 0. The van der Waals surface area contributed by atoms with E-state index >= 15 is 0 Å². The zero-order valence-corrected chi connectivity index (χ0v) is 15.9. The van der Waals surface area contributed by atoms with Crippen LogP contribution in [0.25, 0.3) is 5.57 Å². The maximum Gasteiger partial charge on any atom is 0.230 e. The minimum Gasteiger partial charge on any atom is -0.508 e. The van der Waals surface area contributed by atoms with Crippen molar-refractivity contribution in [2.75, 3.05) is 0 Å². The minimum absolute atomic E-state index is 0.183. The van der Waals surface area contributed by atoms with Gasteiger partial charge >= 0.3 is 0 Å². The Hall–Kier alpha value is -3.01. The number of Topliss-reactive ketones (excluding diaryl/α,β-unsaturated/α-hetero) is 2. The van der Waals surface area contributed by atoms with Crippen molar-refractivity contribution in [1.29, 1.82) is 0 Å². The normalized spacial score (nSPS) is 38.1. The molecule has 30 heavy (non-hydrogen) atoms. The predicted octanol–water partition coefficient (Wildman–Crippen LogP) is -0.567. The SMILES string of the molecule is C=C1c2cccc(O)c2C(=O)C2=C(O)C3(O)C(=O)C(C(N)=O)C(O)C(C)C3C(O)C12. The number of ketones is 2. The molecular formula is C21H21NO8. The molecule has 0 radical (unpaired) electrons. The van der Waals surface area contributed by atoms with E-state index in [0.29, 0.717) is 0 Å². The van der Waals surface area contributed by atoms with Gasteiger partial charge in [0.1, 0.15) is 17.4 Å². The van der Waals surface area contributed by atoms with E-state index in [1.165, 1.54) is 25.1 Å². The fourth-order valence-corrected chi connectivity index (χ4v) is 5.29. The number of amides is 1. The molecule has 1 aromatic rings. The number of rotatable bonds is 1. The van der Waals surface area contributed by atoms with E-state index in [-0.39, 0.29) is 16.7 Å². The van der Waals surface area contributed by atoms with E-state index < -0.39 is 76.0 Å². The highest BCUT2D eigenvalue weighted by molar-refractivity contribution is 6.19. The smallest absolute Gasteiger partial charge is 0.230 e. The van der Waals surface area contributed by atoms with Crippen LogP contribution in [0.1, 0.15) is 22.8 Å². The highest BCUT2D eigenvalue weighted by Gasteiger charge is 2.67. The number of hydrogen-bond donors (Lipinski definition) is 6. The molecule has 0 saturated heterocycles. The summed E-state index contributed by atoms with van der Waals surface area (Å²) in [7, 11) is 0. The van der Waals surface area contributed by atoms with Crippen LogP contribution in [-0.2, 0) is 9.59 Å². The fourth-order valence-electron chi connectivity index (χ4n) is 5.29. The molecule has 9 heteroatoms. The molecule has 1 saturated carbocycles. The summed E-state index contributed by atoms with van der Waals surface area (Å²) in [5.74, 6) is -10.3. The van der Waals surface area contributed by atoms with Crippen molar-refractivity contribution in [3.05, 3.63) is 47.2 Å². The average Bonchev–Trinajstić information content (AvgIpc) is 2.67. The van der Waals surface area contributed by atoms with Crippen molar-refractivity contribution < 1.29 is 39.9 Å². The Labute approximate surface area is 170 Å². The quantitative estimate of drug-likeness (QED) is 0.330. The Morgan fingerprint density at radius 3 is 2.40 bits per heavy atom. The monoisotopic (exact) mass is 415 g/mol. The van der Waals surface area contributed by atoms with E-state index in [2.05, 4.69) is 6.58 Å². The van der Waals surface area contributed by atoms with Gasteiger partial charge in [-0.3, -0.25) is 14.4 Å². The summed E-state index contributed by atoms with van der Waals surface area (Å²) in [5.41, 5.74) is 2.20. The Morgan fingerprint density at radius 1 is 1.17 bits per heavy atom. The van der Waals surface area contributed by atoms with Gasteiger partial charge in [-0.25, -0.2) is 0 Å². The van der Waals surface area contributed by atoms with Crippen LogP contribution in [0.2, 0.25) is 0 Å². The zero-order valence-electron chi connectivity index (χ0n) is 15.9. The highest BCUT2D eigenvalue weighted by atomic mass is 16.4. The second-order valence-corrected chi connectivity index (χ2v) is 8.17. The molecule has 0 spiro atoms. The van der Waals surface area contributed by atoms with E-state index in [9.17, 15) is 39.9 Å². The van der Waals surface area contributed by atoms with Crippen LogP contribution in [0.4, 0.5) is 0 Å². The highest BCUT2D eigenvalue weighted by Crippen LogP contribution is 2.55. The molecule has 158 valence electrons. The summed E-state index contributed by atoms with van der Waals surface area (Å²) < 4.78 is 0. The number of hydrogen-bond acceptors (Lipinski definition) is 8. The molecular weight excluding hydrogens is 394 g/mol. The average molecular weight is 415 g/mol. The summed E-state index contributed by atoms with van der Waals surface area (Å²) in [6, 6.07) is 4.26. The number of aromatic hydroxyl groups is 1. The van der Waals surface area contributed by atoms with E-state index in [1.54, 1.807) is 0 Å². The minimum atomic E-state index is -2.82. The first-order chi connectivity index (χ1) is 14.0. The summed E-state index contributed by atoms with van der Waals surface area (Å²) in [6.45, 7) is 5.30. The Morgan fingerprint density at radius 2 is 1.80 bits per heavy atom. The number of benzene rings is 1. The first-order valence-corrected chi connectivity index (χ1v) is 9.37. The number of phenolic OH excluding ortho intramolecular Hbond substituents is 1.